The molecule has 1 fully saturated rings. The van der Waals surface area contributed by atoms with E-state index < -0.39 is 15.9 Å². The van der Waals surface area contributed by atoms with Crippen LogP contribution in [0.1, 0.15) is 18.4 Å². The van der Waals surface area contributed by atoms with Crippen LogP contribution in [0.15, 0.2) is 42.5 Å². The average molecular weight is 501 g/mol. The zero-order valence-electron chi connectivity index (χ0n) is 17.7. The summed E-state index contributed by atoms with van der Waals surface area (Å²) in [5.41, 5.74) is 0.556. The Bertz CT molecular complexity index is 1050. The Balaban J connectivity index is 1.49. The second kappa shape index (κ2) is 11.2. The zero-order chi connectivity index (χ0) is 23.1. The number of benzene rings is 2. The summed E-state index contributed by atoms with van der Waals surface area (Å²) >= 11 is 11.9. The van der Waals surface area contributed by atoms with E-state index in [1.165, 1.54) is 4.31 Å². The minimum atomic E-state index is -3.59. The maximum Gasteiger partial charge on any atom is 0.224 e. The first-order valence-electron chi connectivity index (χ1n) is 10.2. The van der Waals surface area contributed by atoms with Gasteiger partial charge in [0.25, 0.3) is 0 Å². The smallest absolute Gasteiger partial charge is 0.224 e. The van der Waals surface area contributed by atoms with Crippen molar-refractivity contribution in [2.24, 2.45) is 5.92 Å². The molecule has 2 aromatic carbocycles. The van der Waals surface area contributed by atoms with Gasteiger partial charge in [-0.05, 0) is 42.7 Å². The van der Waals surface area contributed by atoms with Gasteiger partial charge in [0.2, 0.25) is 15.9 Å². The fourth-order valence-corrected chi connectivity index (χ4v) is 5.44. The van der Waals surface area contributed by atoms with Gasteiger partial charge in [0, 0.05) is 19.2 Å². The molecule has 174 valence electrons. The summed E-state index contributed by atoms with van der Waals surface area (Å²) in [4.78, 5) is 12.6. The lowest BCUT2D eigenvalue weighted by Gasteiger charge is -2.31. The average Bonchev–Trinajstić information content (AvgIpc) is 2.79. The number of hydrogen-bond acceptors (Lipinski definition) is 5. The highest BCUT2D eigenvalue weighted by molar-refractivity contribution is 7.88. The number of halogens is 2. The predicted molar refractivity (Wildman–Crippen MR) is 125 cm³/mol. The van der Waals surface area contributed by atoms with Gasteiger partial charge >= 0.3 is 0 Å². The molecule has 0 aliphatic carbocycles. The third-order valence-electron chi connectivity index (χ3n) is 5.19. The lowest BCUT2D eigenvalue weighted by molar-refractivity contribution is -0.126. The monoisotopic (exact) mass is 500 g/mol. The number of nitrogens with zero attached hydrogens (tertiary/aromatic N) is 1. The van der Waals surface area contributed by atoms with E-state index in [0.717, 1.165) is 0 Å². The molecule has 2 aromatic rings. The first-order valence-corrected chi connectivity index (χ1v) is 12.6. The van der Waals surface area contributed by atoms with Crippen molar-refractivity contribution >= 4 is 39.1 Å². The molecule has 1 unspecified atom stereocenters. The fraction of sp³-hybridized carbons (Fsp3) is 0.409. The third-order valence-corrected chi connectivity index (χ3v) is 7.75. The molecule has 1 heterocycles. The maximum atomic E-state index is 12.9. The summed E-state index contributed by atoms with van der Waals surface area (Å²) in [6.45, 7) is 1.17. The lowest BCUT2D eigenvalue weighted by Crippen LogP contribution is -2.46. The molecule has 1 aliphatic heterocycles. The molecule has 1 N–H and O–H groups in total. The Morgan fingerprint density at radius 1 is 1.16 bits per heavy atom. The molecule has 0 radical (unpaired) electrons. The number of hydrogen-bond donors (Lipinski definition) is 1. The van der Waals surface area contributed by atoms with Gasteiger partial charge in [-0.25, -0.2) is 12.7 Å². The van der Waals surface area contributed by atoms with Crippen molar-refractivity contribution in [1.82, 2.24) is 9.62 Å². The topological polar surface area (TPSA) is 84.9 Å². The van der Waals surface area contributed by atoms with Crippen molar-refractivity contribution in [3.8, 4) is 11.5 Å². The highest BCUT2D eigenvalue weighted by Crippen LogP contribution is 2.26. The van der Waals surface area contributed by atoms with Gasteiger partial charge in [-0.1, -0.05) is 35.3 Å². The van der Waals surface area contributed by atoms with Gasteiger partial charge in [0.05, 0.1) is 35.4 Å². The standard InChI is InChI=1S/C22H26Cl2N2O5S/c1-30-18-5-2-6-19(13-18)31-11-9-25-22(27)17-4-3-10-26(14-17)32(28,29)15-16-7-8-20(23)21(24)12-16/h2,5-8,12-13,17H,3-4,9-11,14-15H2,1H3,(H,25,27). The highest BCUT2D eigenvalue weighted by atomic mass is 35.5. The largest absolute Gasteiger partial charge is 0.497 e. The molecule has 1 amide bonds. The fourth-order valence-electron chi connectivity index (χ4n) is 3.52. The number of nitrogens with one attached hydrogen (secondary N) is 1. The number of carbonyl (C=O) groups is 1. The van der Waals surface area contributed by atoms with Crippen LogP contribution >= 0.6 is 23.2 Å². The van der Waals surface area contributed by atoms with Crippen LogP contribution in [0.2, 0.25) is 10.0 Å². The second-order valence-electron chi connectivity index (χ2n) is 7.52. The van der Waals surface area contributed by atoms with Crippen LogP contribution in [0.5, 0.6) is 11.5 Å². The second-order valence-corrected chi connectivity index (χ2v) is 10.3. The molecule has 1 atom stereocenters. The number of methoxy groups -OCH3 is 1. The highest BCUT2D eigenvalue weighted by Gasteiger charge is 2.32. The van der Waals surface area contributed by atoms with E-state index >= 15 is 0 Å². The number of ether oxygens (including phenoxy) is 2. The van der Waals surface area contributed by atoms with Crippen molar-refractivity contribution < 1.29 is 22.7 Å². The Hall–Kier alpha value is -2.00. The van der Waals surface area contributed by atoms with E-state index in [-0.39, 0.29) is 18.2 Å². The van der Waals surface area contributed by atoms with Crippen LogP contribution in [0.3, 0.4) is 0 Å². The molecule has 1 aliphatic rings. The normalized spacial score (nSPS) is 17.0. The summed E-state index contributed by atoms with van der Waals surface area (Å²) in [5.74, 6) is 0.580. The van der Waals surface area contributed by atoms with Crippen molar-refractivity contribution in [1.29, 1.82) is 0 Å². The molecule has 32 heavy (non-hydrogen) atoms. The quantitative estimate of drug-likeness (QED) is 0.530. The summed E-state index contributed by atoms with van der Waals surface area (Å²) in [6, 6.07) is 12.0. The van der Waals surface area contributed by atoms with Crippen molar-refractivity contribution in [2.75, 3.05) is 33.4 Å². The molecule has 0 aromatic heterocycles. The van der Waals surface area contributed by atoms with Gasteiger partial charge in [-0.3, -0.25) is 4.79 Å². The minimum absolute atomic E-state index is 0.159. The molecule has 3 rings (SSSR count). The van der Waals surface area contributed by atoms with Gasteiger partial charge in [0.1, 0.15) is 18.1 Å². The van der Waals surface area contributed by atoms with Crippen LogP contribution in [-0.2, 0) is 20.6 Å². The molecule has 1 saturated heterocycles. The van der Waals surface area contributed by atoms with Crippen molar-refractivity contribution in [3.63, 3.8) is 0 Å². The van der Waals surface area contributed by atoms with Crippen molar-refractivity contribution in [2.45, 2.75) is 18.6 Å². The molecular formula is C22H26Cl2N2O5S. The SMILES string of the molecule is COc1cccc(OCCNC(=O)C2CCCN(S(=O)(=O)Cc3ccc(Cl)c(Cl)c3)C2)c1. The van der Waals surface area contributed by atoms with E-state index in [9.17, 15) is 13.2 Å². The molecule has 0 bridgehead atoms. The third kappa shape index (κ3) is 6.75. The van der Waals surface area contributed by atoms with E-state index in [1.807, 2.05) is 18.2 Å². The Morgan fingerprint density at radius 3 is 2.69 bits per heavy atom. The Morgan fingerprint density at radius 2 is 1.94 bits per heavy atom. The van der Waals surface area contributed by atoms with Crippen molar-refractivity contribution in [3.05, 3.63) is 58.1 Å². The first kappa shape index (κ1) is 24.6. The van der Waals surface area contributed by atoms with E-state index in [1.54, 1.807) is 31.4 Å². The van der Waals surface area contributed by atoms with Gasteiger partial charge in [-0.15, -0.1) is 0 Å². The molecule has 10 heteroatoms. The molecule has 0 spiro atoms. The molecule has 7 nitrogen and oxygen atoms in total. The van der Waals surface area contributed by atoms with Crippen LogP contribution in [0.4, 0.5) is 0 Å². The Labute approximate surface area is 198 Å². The number of rotatable bonds is 9. The number of carbonyl (C=O) groups excluding carboxylic acids is 1. The van der Waals surface area contributed by atoms with Gasteiger partial charge in [0.15, 0.2) is 0 Å². The molecular weight excluding hydrogens is 475 g/mol. The first-order chi connectivity index (χ1) is 15.3. The van der Waals surface area contributed by atoms with E-state index in [4.69, 9.17) is 32.7 Å². The van der Waals surface area contributed by atoms with Crippen LogP contribution in [0, 0.1) is 5.92 Å². The molecule has 0 saturated carbocycles. The maximum absolute atomic E-state index is 12.9. The summed E-state index contributed by atoms with van der Waals surface area (Å²) in [7, 11) is -2.00. The number of sulfonamides is 1. The lowest BCUT2D eigenvalue weighted by atomic mass is 9.99. The summed E-state index contributed by atoms with van der Waals surface area (Å²) in [6.07, 6.45) is 1.26. The summed E-state index contributed by atoms with van der Waals surface area (Å²) < 4.78 is 37.9. The zero-order valence-corrected chi connectivity index (χ0v) is 20.0. The predicted octanol–water partition coefficient (Wildman–Crippen LogP) is 3.74. The van der Waals surface area contributed by atoms with Crippen LogP contribution < -0.4 is 14.8 Å². The number of amides is 1. The van der Waals surface area contributed by atoms with Crippen LogP contribution in [-0.4, -0.2) is 52.0 Å². The van der Waals surface area contributed by atoms with E-state index in [0.29, 0.717) is 59.6 Å². The van der Waals surface area contributed by atoms with Gasteiger partial charge < -0.3 is 14.8 Å². The van der Waals surface area contributed by atoms with Gasteiger partial charge in [-0.2, -0.15) is 0 Å². The summed E-state index contributed by atoms with van der Waals surface area (Å²) in [5, 5.41) is 3.52. The van der Waals surface area contributed by atoms with Crippen LogP contribution in [0.25, 0.3) is 0 Å². The minimum Gasteiger partial charge on any atom is -0.497 e. The number of piperidine rings is 1. The van der Waals surface area contributed by atoms with E-state index in [2.05, 4.69) is 5.32 Å². The Kier molecular flexibility index (Phi) is 8.64.